The quantitative estimate of drug-likeness (QED) is 0.573. The Bertz CT molecular complexity index is 321. The van der Waals surface area contributed by atoms with Crippen LogP contribution in [0.25, 0.3) is 0 Å². The number of methoxy groups -OCH3 is 1. The van der Waals surface area contributed by atoms with Gasteiger partial charge in [0.25, 0.3) is 0 Å². The van der Waals surface area contributed by atoms with E-state index in [1.165, 1.54) is 0 Å². The highest BCUT2D eigenvalue weighted by atomic mass is 32.1. The summed E-state index contributed by atoms with van der Waals surface area (Å²) >= 11 is 5.04. The fraction of sp³-hybridized carbons (Fsp3) is 0.750. The van der Waals surface area contributed by atoms with E-state index in [2.05, 4.69) is 10.2 Å². The van der Waals surface area contributed by atoms with Gasteiger partial charge >= 0.3 is 0 Å². The third kappa shape index (κ3) is 2.90. The Hall–Kier alpha value is -0.720. The summed E-state index contributed by atoms with van der Waals surface area (Å²) in [7, 11) is 1.64. The van der Waals surface area contributed by atoms with Gasteiger partial charge in [0.05, 0.1) is 13.2 Å². The summed E-state index contributed by atoms with van der Waals surface area (Å²) in [5, 5.41) is 6.80. The van der Waals surface area contributed by atoms with Crippen LogP contribution in [0, 0.1) is 4.77 Å². The molecule has 6 heteroatoms. The van der Waals surface area contributed by atoms with Crippen molar-refractivity contribution in [3.8, 4) is 0 Å². The second-order valence-corrected chi connectivity index (χ2v) is 3.12. The second kappa shape index (κ2) is 5.90. The first-order valence-corrected chi connectivity index (χ1v) is 4.91. The molecule has 0 aliphatic carbocycles. The van der Waals surface area contributed by atoms with E-state index in [9.17, 15) is 0 Å². The van der Waals surface area contributed by atoms with Gasteiger partial charge in [-0.1, -0.05) is 0 Å². The van der Waals surface area contributed by atoms with Crippen LogP contribution in [0.3, 0.4) is 0 Å². The largest absolute Gasteiger partial charge is 0.382 e. The highest BCUT2D eigenvalue weighted by Crippen LogP contribution is 1.99. The minimum absolute atomic E-state index is 0.463. The van der Waals surface area contributed by atoms with Crippen molar-refractivity contribution in [3.63, 3.8) is 0 Å². The number of H-pyrrole nitrogens is 1. The molecule has 0 amide bonds. The molecular weight excluding hydrogens is 202 g/mol. The Morgan fingerprint density at radius 1 is 1.50 bits per heavy atom. The zero-order valence-electron chi connectivity index (χ0n) is 8.45. The lowest BCUT2D eigenvalue weighted by Gasteiger charge is -2.04. The molecule has 1 aromatic rings. The number of hydrogen-bond donors (Lipinski definition) is 1. The maximum absolute atomic E-state index is 5.34. The van der Waals surface area contributed by atoms with Gasteiger partial charge in [0, 0.05) is 13.7 Å². The first kappa shape index (κ1) is 11.4. The van der Waals surface area contributed by atoms with Crippen molar-refractivity contribution in [1.82, 2.24) is 14.8 Å². The van der Waals surface area contributed by atoms with Crippen LogP contribution >= 0.6 is 12.2 Å². The van der Waals surface area contributed by atoms with Gasteiger partial charge in [-0.25, -0.2) is 0 Å². The van der Waals surface area contributed by atoms with Gasteiger partial charge in [0.1, 0.15) is 6.61 Å². The molecule has 0 radical (unpaired) electrons. The molecule has 14 heavy (non-hydrogen) atoms. The average Bonchev–Trinajstić information content (AvgIpc) is 2.54. The highest BCUT2D eigenvalue weighted by molar-refractivity contribution is 7.71. The molecule has 0 fully saturated rings. The standard InChI is InChI=1S/C8H15N3O2S/c1-3-11-7(9-10-8(11)14)6-13-5-4-12-2/h3-6H2,1-2H3,(H,10,14). The van der Waals surface area contributed by atoms with E-state index in [0.717, 1.165) is 12.4 Å². The third-order valence-electron chi connectivity index (χ3n) is 1.82. The summed E-state index contributed by atoms with van der Waals surface area (Å²) in [5.41, 5.74) is 0. The van der Waals surface area contributed by atoms with Crippen LogP contribution in [0.2, 0.25) is 0 Å². The van der Waals surface area contributed by atoms with E-state index < -0.39 is 0 Å². The Morgan fingerprint density at radius 3 is 2.93 bits per heavy atom. The molecule has 0 unspecified atom stereocenters. The van der Waals surface area contributed by atoms with Crippen molar-refractivity contribution >= 4 is 12.2 Å². The minimum Gasteiger partial charge on any atom is -0.382 e. The first-order chi connectivity index (χ1) is 6.79. The van der Waals surface area contributed by atoms with Crippen LogP contribution in [-0.4, -0.2) is 35.1 Å². The molecule has 5 nitrogen and oxygen atoms in total. The van der Waals surface area contributed by atoms with Crippen molar-refractivity contribution in [3.05, 3.63) is 10.6 Å². The van der Waals surface area contributed by atoms with Gasteiger partial charge in [0.15, 0.2) is 10.6 Å². The van der Waals surface area contributed by atoms with Gasteiger partial charge in [-0.05, 0) is 19.1 Å². The molecule has 0 saturated heterocycles. The molecule has 1 heterocycles. The van der Waals surface area contributed by atoms with Gasteiger partial charge in [0.2, 0.25) is 0 Å². The highest BCUT2D eigenvalue weighted by Gasteiger charge is 2.03. The van der Waals surface area contributed by atoms with Crippen LogP contribution < -0.4 is 0 Å². The molecular formula is C8H15N3O2S. The Kier molecular flexibility index (Phi) is 4.78. The molecule has 0 spiro atoms. The number of nitrogens with zero attached hydrogens (tertiary/aromatic N) is 2. The summed E-state index contributed by atoms with van der Waals surface area (Å²) in [5.74, 6) is 0.827. The first-order valence-electron chi connectivity index (χ1n) is 4.50. The molecule has 1 N–H and O–H groups in total. The fourth-order valence-corrected chi connectivity index (χ4v) is 1.37. The summed E-state index contributed by atoms with van der Waals surface area (Å²) in [6, 6.07) is 0. The molecule has 80 valence electrons. The minimum atomic E-state index is 0.463. The van der Waals surface area contributed by atoms with E-state index in [4.69, 9.17) is 21.7 Å². The molecule has 0 aliphatic rings. The normalized spacial score (nSPS) is 10.7. The molecule has 0 bridgehead atoms. The van der Waals surface area contributed by atoms with Crippen molar-refractivity contribution in [2.75, 3.05) is 20.3 Å². The van der Waals surface area contributed by atoms with Gasteiger partial charge in [-0.15, -0.1) is 0 Å². The number of ether oxygens (including phenoxy) is 2. The Labute approximate surface area is 88.0 Å². The van der Waals surface area contributed by atoms with Crippen molar-refractivity contribution < 1.29 is 9.47 Å². The van der Waals surface area contributed by atoms with Crippen molar-refractivity contribution in [1.29, 1.82) is 0 Å². The second-order valence-electron chi connectivity index (χ2n) is 2.73. The number of nitrogens with one attached hydrogen (secondary N) is 1. The van der Waals surface area contributed by atoms with Crippen LogP contribution in [-0.2, 0) is 22.6 Å². The number of aromatic nitrogens is 3. The maximum Gasteiger partial charge on any atom is 0.195 e. The van der Waals surface area contributed by atoms with Crippen LogP contribution in [0.15, 0.2) is 0 Å². The lowest BCUT2D eigenvalue weighted by Crippen LogP contribution is -2.07. The van der Waals surface area contributed by atoms with Crippen molar-refractivity contribution in [2.45, 2.75) is 20.1 Å². The van der Waals surface area contributed by atoms with Gasteiger partial charge < -0.3 is 14.0 Å². The number of hydrogen-bond acceptors (Lipinski definition) is 4. The summed E-state index contributed by atoms with van der Waals surface area (Å²) in [6.45, 7) is 4.45. The topological polar surface area (TPSA) is 52.1 Å². The Balaban J connectivity index is 2.46. The SMILES string of the molecule is CCn1c(COCCOC)n[nH]c1=S. The van der Waals surface area contributed by atoms with E-state index in [-0.39, 0.29) is 0 Å². The van der Waals surface area contributed by atoms with E-state index in [0.29, 0.717) is 24.6 Å². The predicted octanol–water partition coefficient (Wildman–Crippen LogP) is 1.12. The van der Waals surface area contributed by atoms with Crippen LogP contribution in [0.1, 0.15) is 12.7 Å². The van der Waals surface area contributed by atoms with Crippen LogP contribution in [0.4, 0.5) is 0 Å². The summed E-state index contributed by atoms with van der Waals surface area (Å²) < 4.78 is 12.7. The van der Waals surface area contributed by atoms with E-state index >= 15 is 0 Å². The number of aromatic amines is 1. The van der Waals surface area contributed by atoms with Crippen molar-refractivity contribution in [2.24, 2.45) is 0 Å². The average molecular weight is 217 g/mol. The lowest BCUT2D eigenvalue weighted by atomic mass is 10.6. The number of rotatable bonds is 6. The van der Waals surface area contributed by atoms with Gasteiger partial charge in [-0.3, -0.25) is 5.10 Å². The predicted molar refractivity (Wildman–Crippen MR) is 54.6 cm³/mol. The molecule has 0 atom stereocenters. The lowest BCUT2D eigenvalue weighted by molar-refractivity contribution is 0.0572. The molecule has 1 rings (SSSR count). The smallest absolute Gasteiger partial charge is 0.195 e. The monoisotopic (exact) mass is 217 g/mol. The Morgan fingerprint density at radius 2 is 2.29 bits per heavy atom. The molecule has 0 aromatic carbocycles. The molecule has 1 aromatic heterocycles. The maximum atomic E-state index is 5.34. The zero-order chi connectivity index (χ0) is 10.4. The zero-order valence-corrected chi connectivity index (χ0v) is 9.26. The van der Waals surface area contributed by atoms with Crippen LogP contribution in [0.5, 0.6) is 0 Å². The summed E-state index contributed by atoms with van der Waals surface area (Å²) in [4.78, 5) is 0. The van der Waals surface area contributed by atoms with Gasteiger partial charge in [-0.2, -0.15) is 5.10 Å². The molecule has 0 saturated carbocycles. The van der Waals surface area contributed by atoms with E-state index in [1.807, 2.05) is 11.5 Å². The summed E-state index contributed by atoms with van der Waals surface area (Å²) in [6.07, 6.45) is 0. The van der Waals surface area contributed by atoms with E-state index in [1.54, 1.807) is 7.11 Å². The fourth-order valence-electron chi connectivity index (χ4n) is 1.09. The molecule has 0 aliphatic heterocycles. The third-order valence-corrected chi connectivity index (χ3v) is 2.13.